The Hall–Kier alpha value is -3.14. The molecule has 3 heterocycles. The van der Waals surface area contributed by atoms with Crippen LogP contribution in [-0.4, -0.2) is 39.7 Å². The molecule has 6 nitrogen and oxygen atoms in total. The number of hydrogen-bond donors (Lipinski definition) is 3. The molecule has 1 saturated heterocycles. The summed E-state index contributed by atoms with van der Waals surface area (Å²) in [4.78, 5) is 6.06. The first kappa shape index (κ1) is 17.9. The van der Waals surface area contributed by atoms with Gasteiger partial charge in [-0.3, -0.25) is 10.00 Å². The number of likely N-dealkylation sites (tertiary alicyclic amines) is 1. The second kappa shape index (κ2) is 7.36. The van der Waals surface area contributed by atoms with E-state index >= 15 is 0 Å². The lowest BCUT2D eigenvalue weighted by molar-refractivity contribution is 0.181. The lowest BCUT2D eigenvalue weighted by Crippen LogP contribution is -2.35. The Kier molecular flexibility index (Phi) is 4.55. The molecular weight excluding hydrogens is 360 g/mol. The van der Waals surface area contributed by atoms with Gasteiger partial charge in [-0.1, -0.05) is 12.1 Å². The van der Waals surface area contributed by atoms with E-state index in [2.05, 4.69) is 50.4 Å². The van der Waals surface area contributed by atoms with Crippen molar-refractivity contribution in [3.63, 3.8) is 0 Å². The largest absolute Gasteiger partial charge is 0.353 e. The highest BCUT2D eigenvalue weighted by atomic mass is 15.1. The molecular formula is C23H24N6. The molecule has 1 aliphatic rings. The Bertz CT molecular complexity index is 1200. The van der Waals surface area contributed by atoms with Gasteiger partial charge in [-0.2, -0.15) is 10.4 Å². The topological polar surface area (TPSA) is 97.5 Å². The van der Waals surface area contributed by atoms with Crippen LogP contribution < -0.4 is 5.73 Å². The molecule has 2 aromatic carbocycles. The van der Waals surface area contributed by atoms with E-state index in [1.807, 2.05) is 18.2 Å². The monoisotopic (exact) mass is 384 g/mol. The van der Waals surface area contributed by atoms with E-state index in [1.54, 1.807) is 0 Å². The molecule has 6 heteroatoms. The molecule has 0 unspecified atom stereocenters. The van der Waals surface area contributed by atoms with Crippen molar-refractivity contribution in [3.05, 3.63) is 53.6 Å². The molecule has 0 atom stereocenters. The summed E-state index contributed by atoms with van der Waals surface area (Å²) < 4.78 is 0. The second-order valence-corrected chi connectivity index (χ2v) is 7.96. The van der Waals surface area contributed by atoms with Gasteiger partial charge in [0.2, 0.25) is 0 Å². The summed E-state index contributed by atoms with van der Waals surface area (Å²) in [5, 5.41) is 18.9. The number of fused-ring (bicyclic) bond motifs is 2. The van der Waals surface area contributed by atoms with Crippen molar-refractivity contribution in [2.45, 2.75) is 19.4 Å². The quantitative estimate of drug-likeness (QED) is 0.499. The Balaban J connectivity index is 1.47. The molecule has 0 aliphatic carbocycles. The Morgan fingerprint density at radius 1 is 1.10 bits per heavy atom. The standard InChI is InChI=1S/C23H24N6/c24-12-15-6-8-29(9-7-15)14-17-2-1-3-20-19(17)11-22(26-20)23-18-5-4-16(13-25)10-21(18)27-28-23/h1-5,10-11,15,26H,6-9,12,14,24H2,(H,27,28). The van der Waals surface area contributed by atoms with Gasteiger partial charge in [-0.25, -0.2) is 0 Å². The number of rotatable bonds is 4. The molecule has 5 rings (SSSR count). The molecule has 4 aromatic rings. The highest BCUT2D eigenvalue weighted by Gasteiger charge is 2.19. The van der Waals surface area contributed by atoms with Gasteiger partial charge < -0.3 is 10.7 Å². The summed E-state index contributed by atoms with van der Waals surface area (Å²) in [5.41, 5.74) is 11.7. The van der Waals surface area contributed by atoms with Crippen LogP contribution in [0, 0.1) is 17.2 Å². The summed E-state index contributed by atoms with van der Waals surface area (Å²) in [6, 6.07) is 16.5. The van der Waals surface area contributed by atoms with Gasteiger partial charge in [0, 0.05) is 22.8 Å². The fourth-order valence-corrected chi connectivity index (χ4v) is 4.40. The third-order valence-corrected chi connectivity index (χ3v) is 6.14. The van der Waals surface area contributed by atoms with Crippen molar-refractivity contribution in [2.75, 3.05) is 19.6 Å². The zero-order valence-electron chi connectivity index (χ0n) is 16.3. The number of hydrogen-bond acceptors (Lipinski definition) is 4. The summed E-state index contributed by atoms with van der Waals surface area (Å²) in [6.07, 6.45) is 2.38. The first-order chi connectivity index (χ1) is 14.2. The fourth-order valence-electron chi connectivity index (χ4n) is 4.40. The zero-order valence-corrected chi connectivity index (χ0v) is 16.3. The molecule has 0 amide bonds. The van der Waals surface area contributed by atoms with Crippen molar-refractivity contribution >= 4 is 21.8 Å². The van der Waals surface area contributed by atoms with Crippen molar-refractivity contribution in [1.82, 2.24) is 20.1 Å². The number of nitriles is 1. The Morgan fingerprint density at radius 2 is 1.97 bits per heavy atom. The third-order valence-electron chi connectivity index (χ3n) is 6.14. The van der Waals surface area contributed by atoms with Crippen LogP contribution >= 0.6 is 0 Å². The van der Waals surface area contributed by atoms with Gasteiger partial charge in [-0.05, 0) is 74.3 Å². The number of piperidine rings is 1. The van der Waals surface area contributed by atoms with E-state index in [0.717, 1.165) is 54.0 Å². The van der Waals surface area contributed by atoms with Gasteiger partial charge in [0.15, 0.2) is 0 Å². The predicted octanol–water partition coefficient (Wildman–Crippen LogP) is 3.75. The minimum Gasteiger partial charge on any atom is -0.353 e. The molecule has 1 aliphatic heterocycles. The average molecular weight is 384 g/mol. The molecule has 4 N–H and O–H groups in total. The van der Waals surface area contributed by atoms with Gasteiger partial charge in [0.25, 0.3) is 0 Å². The van der Waals surface area contributed by atoms with Crippen LogP contribution in [0.25, 0.3) is 33.2 Å². The number of nitrogens with two attached hydrogens (primary N) is 1. The average Bonchev–Trinajstić information content (AvgIpc) is 3.38. The maximum absolute atomic E-state index is 9.11. The van der Waals surface area contributed by atoms with Crippen LogP contribution in [-0.2, 0) is 6.54 Å². The first-order valence-corrected chi connectivity index (χ1v) is 10.2. The Labute approximate surface area is 169 Å². The third kappa shape index (κ3) is 3.29. The van der Waals surface area contributed by atoms with Crippen LogP contribution in [0.15, 0.2) is 42.5 Å². The van der Waals surface area contributed by atoms with E-state index in [9.17, 15) is 0 Å². The molecule has 0 bridgehead atoms. The SMILES string of the molecule is N#Cc1ccc2c(-c3cc4c(CN5CCC(CN)CC5)cccc4[nH]3)n[nH]c2c1. The van der Waals surface area contributed by atoms with E-state index < -0.39 is 0 Å². The number of H-pyrrole nitrogens is 2. The molecule has 2 aromatic heterocycles. The summed E-state index contributed by atoms with van der Waals surface area (Å²) in [7, 11) is 0. The van der Waals surface area contributed by atoms with Crippen molar-refractivity contribution < 1.29 is 0 Å². The highest BCUT2D eigenvalue weighted by Crippen LogP contribution is 2.31. The number of nitrogens with zero attached hydrogens (tertiary/aromatic N) is 3. The summed E-state index contributed by atoms with van der Waals surface area (Å²) >= 11 is 0. The van der Waals surface area contributed by atoms with E-state index in [0.29, 0.717) is 11.5 Å². The lowest BCUT2D eigenvalue weighted by Gasteiger charge is -2.31. The van der Waals surface area contributed by atoms with Crippen LogP contribution in [0.3, 0.4) is 0 Å². The normalized spacial score (nSPS) is 15.9. The predicted molar refractivity (Wildman–Crippen MR) is 115 cm³/mol. The minimum atomic E-state index is 0.630. The van der Waals surface area contributed by atoms with Gasteiger partial charge >= 0.3 is 0 Å². The Morgan fingerprint density at radius 3 is 2.76 bits per heavy atom. The van der Waals surface area contributed by atoms with Crippen molar-refractivity contribution in [2.24, 2.45) is 11.7 Å². The second-order valence-electron chi connectivity index (χ2n) is 7.96. The maximum atomic E-state index is 9.11. The molecule has 29 heavy (non-hydrogen) atoms. The van der Waals surface area contributed by atoms with Crippen LogP contribution in [0.4, 0.5) is 0 Å². The van der Waals surface area contributed by atoms with Crippen molar-refractivity contribution in [1.29, 1.82) is 5.26 Å². The van der Waals surface area contributed by atoms with Gasteiger partial charge in [0.05, 0.1) is 22.8 Å². The van der Waals surface area contributed by atoms with E-state index in [1.165, 1.54) is 23.8 Å². The van der Waals surface area contributed by atoms with Gasteiger partial charge in [0.1, 0.15) is 5.69 Å². The minimum absolute atomic E-state index is 0.630. The maximum Gasteiger partial charge on any atom is 0.116 e. The van der Waals surface area contributed by atoms with Crippen LogP contribution in [0.2, 0.25) is 0 Å². The molecule has 146 valence electrons. The van der Waals surface area contributed by atoms with Gasteiger partial charge in [-0.15, -0.1) is 0 Å². The zero-order chi connectivity index (χ0) is 19.8. The number of aromatic nitrogens is 3. The lowest BCUT2D eigenvalue weighted by atomic mass is 9.96. The van der Waals surface area contributed by atoms with Crippen LogP contribution in [0.1, 0.15) is 24.0 Å². The summed E-state index contributed by atoms with van der Waals surface area (Å²) in [6.45, 7) is 3.98. The van der Waals surface area contributed by atoms with Crippen molar-refractivity contribution in [3.8, 4) is 17.5 Å². The molecule has 0 spiro atoms. The fraction of sp³-hybridized carbons (Fsp3) is 0.304. The number of nitrogens with one attached hydrogen (secondary N) is 2. The highest BCUT2D eigenvalue weighted by molar-refractivity contribution is 5.96. The molecule has 1 fully saturated rings. The molecule has 0 saturated carbocycles. The van der Waals surface area contributed by atoms with E-state index in [4.69, 9.17) is 11.0 Å². The van der Waals surface area contributed by atoms with E-state index in [-0.39, 0.29) is 0 Å². The first-order valence-electron chi connectivity index (χ1n) is 10.2. The number of aromatic amines is 2. The molecule has 0 radical (unpaired) electrons. The smallest absolute Gasteiger partial charge is 0.116 e. The number of benzene rings is 2. The summed E-state index contributed by atoms with van der Waals surface area (Å²) in [5.74, 6) is 0.676. The van der Waals surface area contributed by atoms with Crippen LogP contribution in [0.5, 0.6) is 0 Å².